The summed E-state index contributed by atoms with van der Waals surface area (Å²) in [5.74, 6) is -0.313. The molecular weight excluding hydrogens is 256 g/mol. The van der Waals surface area contributed by atoms with E-state index in [1.807, 2.05) is 0 Å². The highest BCUT2D eigenvalue weighted by Gasteiger charge is 2.30. The number of fused-ring (bicyclic) bond motifs is 1. The lowest BCUT2D eigenvalue weighted by molar-refractivity contribution is -0.141. The van der Waals surface area contributed by atoms with Gasteiger partial charge in [-0.2, -0.15) is 0 Å². The molecule has 0 aromatic heterocycles. The Kier molecular flexibility index (Phi) is 3.33. The van der Waals surface area contributed by atoms with E-state index in [0.29, 0.717) is 5.56 Å². The molecule has 1 aliphatic heterocycles. The monoisotopic (exact) mass is 268 g/mol. The van der Waals surface area contributed by atoms with Crippen LogP contribution in [-0.4, -0.2) is 33.4 Å². The first-order valence-corrected chi connectivity index (χ1v) is 6.85. The Morgan fingerprint density at radius 2 is 2.11 bits per heavy atom. The molecule has 0 saturated carbocycles. The van der Waals surface area contributed by atoms with Crippen molar-refractivity contribution >= 4 is 21.8 Å². The van der Waals surface area contributed by atoms with Crippen LogP contribution in [0.2, 0.25) is 0 Å². The molecule has 18 heavy (non-hydrogen) atoms. The molecule has 0 fully saturated rings. The molecule has 0 unspecified atom stereocenters. The zero-order valence-electron chi connectivity index (χ0n) is 9.71. The maximum atomic E-state index is 11.7. The Morgan fingerprint density at radius 1 is 1.39 bits per heavy atom. The van der Waals surface area contributed by atoms with E-state index in [-0.39, 0.29) is 23.9 Å². The second kappa shape index (κ2) is 4.77. The second-order valence-corrected chi connectivity index (χ2v) is 5.22. The number of amidine groups is 1. The van der Waals surface area contributed by atoms with Crippen LogP contribution in [0.4, 0.5) is 0 Å². The number of hydrogen-bond donors (Lipinski definition) is 1. The molecule has 6 nitrogen and oxygen atoms in total. The summed E-state index contributed by atoms with van der Waals surface area (Å²) in [6.07, 6.45) is 0. The molecule has 0 spiro atoms. The Morgan fingerprint density at radius 3 is 2.83 bits per heavy atom. The van der Waals surface area contributed by atoms with Crippen LogP contribution in [0.15, 0.2) is 34.2 Å². The zero-order valence-corrected chi connectivity index (χ0v) is 10.5. The minimum Gasteiger partial charge on any atom is -0.465 e. The van der Waals surface area contributed by atoms with Gasteiger partial charge in [-0.1, -0.05) is 12.1 Å². The van der Waals surface area contributed by atoms with Gasteiger partial charge in [0.05, 0.1) is 11.5 Å². The SMILES string of the molecule is CCOC(=O)CN=C1NS(=O)(=O)c2ccccc21. The van der Waals surface area contributed by atoms with Crippen molar-refractivity contribution in [2.75, 3.05) is 13.2 Å². The summed E-state index contributed by atoms with van der Waals surface area (Å²) in [5.41, 5.74) is 0.474. The molecule has 0 saturated heterocycles. The Bertz CT molecular complexity index is 607. The first kappa shape index (κ1) is 12.6. The molecular formula is C11H12N2O4S. The number of carbonyl (C=O) groups excluding carboxylic acids is 1. The van der Waals surface area contributed by atoms with Crippen molar-refractivity contribution in [3.63, 3.8) is 0 Å². The number of hydrogen-bond acceptors (Lipinski definition) is 5. The number of carbonyl (C=O) groups is 1. The quantitative estimate of drug-likeness (QED) is 0.798. The fraction of sp³-hybridized carbons (Fsp3) is 0.273. The summed E-state index contributed by atoms with van der Waals surface area (Å²) in [6.45, 7) is 1.75. The minimum atomic E-state index is -3.55. The van der Waals surface area contributed by atoms with E-state index in [9.17, 15) is 13.2 Å². The van der Waals surface area contributed by atoms with Crippen LogP contribution in [0.3, 0.4) is 0 Å². The van der Waals surface area contributed by atoms with E-state index in [1.165, 1.54) is 6.07 Å². The number of esters is 1. The summed E-state index contributed by atoms with van der Waals surface area (Å²) >= 11 is 0. The third kappa shape index (κ3) is 2.35. The molecule has 0 amide bonds. The van der Waals surface area contributed by atoms with Crippen molar-refractivity contribution in [1.82, 2.24) is 4.72 Å². The molecule has 0 atom stereocenters. The molecule has 96 valence electrons. The van der Waals surface area contributed by atoms with Crippen molar-refractivity contribution < 1.29 is 17.9 Å². The number of benzene rings is 1. The third-order valence-corrected chi connectivity index (χ3v) is 3.73. The molecule has 7 heteroatoms. The molecule has 1 aromatic carbocycles. The van der Waals surface area contributed by atoms with Crippen molar-refractivity contribution in [3.8, 4) is 0 Å². The average molecular weight is 268 g/mol. The fourth-order valence-electron chi connectivity index (χ4n) is 1.60. The predicted molar refractivity (Wildman–Crippen MR) is 64.8 cm³/mol. The Balaban J connectivity index is 2.28. The molecule has 0 aliphatic carbocycles. The summed E-state index contributed by atoms with van der Waals surface area (Å²) in [7, 11) is -3.55. The summed E-state index contributed by atoms with van der Waals surface area (Å²) < 4.78 is 30.5. The first-order chi connectivity index (χ1) is 8.54. The maximum Gasteiger partial charge on any atom is 0.327 e. The van der Waals surface area contributed by atoms with Crippen molar-refractivity contribution in [2.24, 2.45) is 4.99 Å². The van der Waals surface area contributed by atoms with E-state index in [1.54, 1.807) is 25.1 Å². The Labute approximate surface area is 105 Å². The van der Waals surface area contributed by atoms with Gasteiger partial charge in [0.1, 0.15) is 12.4 Å². The van der Waals surface area contributed by atoms with E-state index in [4.69, 9.17) is 4.74 Å². The van der Waals surface area contributed by atoms with Crippen molar-refractivity contribution in [2.45, 2.75) is 11.8 Å². The van der Waals surface area contributed by atoms with Gasteiger partial charge < -0.3 is 4.74 Å². The maximum absolute atomic E-state index is 11.7. The van der Waals surface area contributed by atoms with Gasteiger partial charge in [0, 0.05) is 5.56 Å². The van der Waals surface area contributed by atoms with Crippen molar-refractivity contribution in [1.29, 1.82) is 0 Å². The third-order valence-electron chi connectivity index (χ3n) is 2.33. The van der Waals surface area contributed by atoms with Crippen LogP contribution in [-0.2, 0) is 19.6 Å². The van der Waals surface area contributed by atoms with Gasteiger partial charge in [-0.25, -0.2) is 8.42 Å². The molecule has 1 N–H and O–H groups in total. The average Bonchev–Trinajstić information content (AvgIpc) is 2.60. The molecule has 2 rings (SSSR count). The molecule has 1 heterocycles. The molecule has 0 bridgehead atoms. The number of nitrogens with zero attached hydrogens (tertiary/aromatic N) is 1. The van der Waals surface area contributed by atoms with Crippen LogP contribution in [0.1, 0.15) is 12.5 Å². The van der Waals surface area contributed by atoms with Gasteiger partial charge in [0.25, 0.3) is 10.0 Å². The normalized spacial score (nSPS) is 18.2. The van der Waals surface area contributed by atoms with Crippen molar-refractivity contribution in [3.05, 3.63) is 29.8 Å². The van der Waals surface area contributed by atoms with Crippen LogP contribution >= 0.6 is 0 Å². The van der Waals surface area contributed by atoms with Crippen LogP contribution < -0.4 is 4.72 Å². The summed E-state index contributed by atoms with van der Waals surface area (Å²) in [4.78, 5) is 15.3. The van der Waals surface area contributed by atoms with E-state index in [2.05, 4.69) is 9.71 Å². The lowest BCUT2D eigenvalue weighted by Gasteiger charge is -1.99. The molecule has 0 radical (unpaired) electrons. The lowest BCUT2D eigenvalue weighted by atomic mass is 10.2. The van der Waals surface area contributed by atoms with Gasteiger partial charge in [-0.15, -0.1) is 0 Å². The number of nitrogens with one attached hydrogen (secondary N) is 1. The number of aliphatic imine (C=N–C) groups is 1. The van der Waals surface area contributed by atoms with Gasteiger partial charge in [-0.3, -0.25) is 14.5 Å². The topological polar surface area (TPSA) is 84.8 Å². The highest BCUT2D eigenvalue weighted by Crippen LogP contribution is 2.21. The van der Waals surface area contributed by atoms with Crippen LogP contribution in [0, 0.1) is 0 Å². The van der Waals surface area contributed by atoms with E-state index in [0.717, 1.165) is 0 Å². The van der Waals surface area contributed by atoms with Gasteiger partial charge >= 0.3 is 5.97 Å². The minimum absolute atomic E-state index is 0.174. The largest absolute Gasteiger partial charge is 0.465 e. The van der Waals surface area contributed by atoms with E-state index < -0.39 is 16.0 Å². The zero-order chi connectivity index (χ0) is 13.2. The molecule has 1 aliphatic rings. The van der Waals surface area contributed by atoms with Gasteiger partial charge in [0.15, 0.2) is 0 Å². The van der Waals surface area contributed by atoms with Gasteiger partial charge in [0.2, 0.25) is 0 Å². The first-order valence-electron chi connectivity index (χ1n) is 5.37. The predicted octanol–water partition coefficient (Wildman–Crippen LogP) is 0.288. The highest BCUT2D eigenvalue weighted by molar-refractivity contribution is 7.90. The fourth-order valence-corrected chi connectivity index (χ4v) is 2.85. The summed E-state index contributed by atoms with van der Waals surface area (Å²) in [6, 6.07) is 6.47. The number of rotatable bonds is 3. The summed E-state index contributed by atoms with van der Waals surface area (Å²) in [5, 5.41) is 0. The Hall–Kier alpha value is -1.89. The van der Waals surface area contributed by atoms with Crippen LogP contribution in [0.5, 0.6) is 0 Å². The number of ether oxygens (including phenoxy) is 1. The lowest BCUT2D eigenvalue weighted by Crippen LogP contribution is -2.23. The second-order valence-electron chi connectivity index (χ2n) is 3.57. The molecule has 1 aromatic rings. The highest BCUT2D eigenvalue weighted by atomic mass is 32.2. The standard InChI is InChI=1S/C11H12N2O4S/c1-2-17-10(14)7-12-11-8-5-3-4-6-9(8)18(15,16)13-11/h3-6H,2,7H2,1H3,(H,12,13). The smallest absolute Gasteiger partial charge is 0.327 e. The van der Waals surface area contributed by atoms with Crippen LogP contribution in [0.25, 0.3) is 0 Å². The van der Waals surface area contributed by atoms with Gasteiger partial charge in [-0.05, 0) is 19.1 Å². The number of sulfonamides is 1. The van der Waals surface area contributed by atoms with E-state index >= 15 is 0 Å².